The van der Waals surface area contributed by atoms with Crippen molar-refractivity contribution in [1.29, 1.82) is 0 Å². The molecule has 0 radical (unpaired) electrons. The van der Waals surface area contributed by atoms with Gasteiger partial charge in [0.1, 0.15) is 17.1 Å². The van der Waals surface area contributed by atoms with Gasteiger partial charge in [0.15, 0.2) is 0 Å². The van der Waals surface area contributed by atoms with Gasteiger partial charge in [-0.15, -0.1) is 0 Å². The highest BCUT2D eigenvalue weighted by Crippen LogP contribution is 2.18. The van der Waals surface area contributed by atoms with Crippen molar-refractivity contribution in [2.75, 3.05) is 0 Å². The lowest BCUT2D eigenvalue weighted by atomic mass is 9.90. The maximum atomic E-state index is 12.6. The van der Waals surface area contributed by atoms with E-state index >= 15 is 0 Å². The predicted octanol–water partition coefficient (Wildman–Crippen LogP) is 2.10. The summed E-state index contributed by atoms with van der Waals surface area (Å²) >= 11 is 0. The molecule has 1 atom stereocenters. The van der Waals surface area contributed by atoms with Crippen molar-refractivity contribution in [3.63, 3.8) is 0 Å². The van der Waals surface area contributed by atoms with Gasteiger partial charge in [-0.1, -0.05) is 13.8 Å². The standard InChI is InChI=1S/C12H16FNO2/c1-8(2)12(3,14)11(15)16-10-6-4-9(13)5-7-10/h4-8H,14H2,1-3H3. The van der Waals surface area contributed by atoms with Gasteiger partial charge >= 0.3 is 5.97 Å². The third kappa shape index (κ3) is 2.79. The van der Waals surface area contributed by atoms with Gasteiger partial charge in [0.2, 0.25) is 0 Å². The average molecular weight is 225 g/mol. The van der Waals surface area contributed by atoms with Crippen molar-refractivity contribution in [3.05, 3.63) is 30.1 Å². The number of benzene rings is 1. The summed E-state index contributed by atoms with van der Waals surface area (Å²) in [6.45, 7) is 5.29. The van der Waals surface area contributed by atoms with E-state index in [9.17, 15) is 9.18 Å². The molecule has 1 aromatic rings. The first-order valence-corrected chi connectivity index (χ1v) is 5.10. The van der Waals surface area contributed by atoms with Crippen LogP contribution < -0.4 is 10.5 Å². The second-order valence-electron chi connectivity index (χ2n) is 4.28. The molecule has 0 heterocycles. The summed E-state index contributed by atoms with van der Waals surface area (Å²) < 4.78 is 17.7. The SMILES string of the molecule is CC(C)C(C)(N)C(=O)Oc1ccc(F)cc1. The highest BCUT2D eigenvalue weighted by molar-refractivity contribution is 5.82. The number of carbonyl (C=O) groups is 1. The number of hydrogen-bond acceptors (Lipinski definition) is 3. The summed E-state index contributed by atoms with van der Waals surface area (Å²) in [5.74, 6) is -0.641. The number of halogens is 1. The van der Waals surface area contributed by atoms with Crippen LogP contribution in [-0.2, 0) is 4.79 Å². The molecule has 0 aromatic heterocycles. The van der Waals surface area contributed by atoms with E-state index in [0.717, 1.165) is 0 Å². The predicted molar refractivity (Wildman–Crippen MR) is 59.5 cm³/mol. The molecule has 2 N–H and O–H groups in total. The van der Waals surface area contributed by atoms with Gasteiger partial charge in [-0.2, -0.15) is 0 Å². The fourth-order valence-electron chi connectivity index (χ4n) is 0.955. The van der Waals surface area contributed by atoms with E-state index in [1.807, 2.05) is 13.8 Å². The Morgan fingerprint density at radius 3 is 2.31 bits per heavy atom. The van der Waals surface area contributed by atoms with Crippen LogP contribution >= 0.6 is 0 Å². The van der Waals surface area contributed by atoms with E-state index in [0.29, 0.717) is 5.75 Å². The van der Waals surface area contributed by atoms with Crippen LogP contribution in [0.4, 0.5) is 4.39 Å². The molecule has 0 aliphatic carbocycles. The average Bonchev–Trinajstić information content (AvgIpc) is 2.21. The van der Waals surface area contributed by atoms with Crippen molar-refractivity contribution >= 4 is 5.97 Å². The number of ether oxygens (including phenoxy) is 1. The zero-order valence-electron chi connectivity index (χ0n) is 9.66. The molecule has 16 heavy (non-hydrogen) atoms. The van der Waals surface area contributed by atoms with Crippen LogP contribution in [0.3, 0.4) is 0 Å². The molecule has 4 heteroatoms. The smallest absolute Gasteiger partial charge is 0.331 e. The Kier molecular flexibility index (Phi) is 3.65. The first kappa shape index (κ1) is 12.6. The molecular formula is C12H16FNO2. The molecule has 0 fully saturated rings. The van der Waals surface area contributed by atoms with E-state index in [2.05, 4.69) is 0 Å². The van der Waals surface area contributed by atoms with Crippen LogP contribution in [0, 0.1) is 11.7 Å². The van der Waals surface area contributed by atoms with Gasteiger partial charge < -0.3 is 10.5 Å². The molecule has 0 saturated carbocycles. The van der Waals surface area contributed by atoms with Crippen molar-refractivity contribution in [1.82, 2.24) is 0 Å². The van der Waals surface area contributed by atoms with Gasteiger partial charge in [-0.05, 0) is 37.1 Å². The zero-order valence-corrected chi connectivity index (χ0v) is 9.66. The fourth-order valence-corrected chi connectivity index (χ4v) is 0.955. The van der Waals surface area contributed by atoms with Crippen LogP contribution in [0.1, 0.15) is 20.8 Å². The van der Waals surface area contributed by atoms with Crippen molar-refractivity contribution < 1.29 is 13.9 Å². The molecule has 0 amide bonds. The Balaban J connectivity index is 2.75. The molecule has 0 aliphatic heterocycles. The molecule has 1 aromatic carbocycles. The zero-order chi connectivity index (χ0) is 12.3. The van der Waals surface area contributed by atoms with E-state index in [4.69, 9.17) is 10.5 Å². The van der Waals surface area contributed by atoms with Gasteiger partial charge in [0, 0.05) is 0 Å². The van der Waals surface area contributed by atoms with E-state index in [1.165, 1.54) is 24.3 Å². The van der Waals surface area contributed by atoms with E-state index in [-0.39, 0.29) is 11.7 Å². The lowest BCUT2D eigenvalue weighted by molar-refractivity contribution is -0.141. The molecule has 0 bridgehead atoms. The second-order valence-corrected chi connectivity index (χ2v) is 4.28. The number of carbonyl (C=O) groups excluding carboxylic acids is 1. The maximum absolute atomic E-state index is 12.6. The van der Waals surface area contributed by atoms with Gasteiger partial charge in [-0.3, -0.25) is 0 Å². The summed E-state index contributed by atoms with van der Waals surface area (Å²) in [5.41, 5.74) is 4.78. The van der Waals surface area contributed by atoms with Crippen molar-refractivity contribution in [3.8, 4) is 5.75 Å². The van der Waals surface area contributed by atoms with Gasteiger partial charge in [0.25, 0.3) is 0 Å². The first-order chi connectivity index (χ1) is 7.34. The topological polar surface area (TPSA) is 52.3 Å². The third-order valence-corrected chi connectivity index (χ3v) is 2.66. The Labute approximate surface area is 94.4 Å². The summed E-state index contributed by atoms with van der Waals surface area (Å²) in [4.78, 5) is 11.7. The fraction of sp³-hybridized carbons (Fsp3) is 0.417. The van der Waals surface area contributed by atoms with Crippen LogP contribution in [0.5, 0.6) is 5.75 Å². The molecule has 1 unspecified atom stereocenters. The lowest BCUT2D eigenvalue weighted by Gasteiger charge is -2.26. The molecule has 3 nitrogen and oxygen atoms in total. The number of nitrogens with two attached hydrogens (primary N) is 1. The largest absolute Gasteiger partial charge is 0.425 e. The number of hydrogen-bond donors (Lipinski definition) is 1. The Hall–Kier alpha value is -1.42. The molecule has 0 saturated heterocycles. The van der Waals surface area contributed by atoms with Gasteiger partial charge in [0.05, 0.1) is 0 Å². The summed E-state index contributed by atoms with van der Waals surface area (Å²) in [6, 6.07) is 5.24. The van der Waals surface area contributed by atoms with E-state index in [1.54, 1.807) is 6.92 Å². The van der Waals surface area contributed by atoms with Crippen LogP contribution in [0.25, 0.3) is 0 Å². The summed E-state index contributed by atoms with van der Waals surface area (Å²) in [6.07, 6.45) is 0. The quantitative estimate of drug-likeness (QED) is 0.633. The lowest BCUT2D eigenvalue weighted by Crippen LogP contribution is -2.51. The number of esters is 1. The molecule has 88 valence electrons. The summed E-state index contributed by atoms with van der Waals surface area (Å²) in [7, 11) is 0. The molecule has 0 aliphatic rings. The van der Waals surface area contributed by atoms with Crippen LogP contribution in [0.15, 0.2) is 24.3 Å². The monoisotopic (exact) mass is 225 g/mol. The minimum absolute atomic E-state index is 0.0413. The second kappa shape index (κ2) is 4.61. The van der Waals surface area contributed by atoms with E-state index < -0.39 is 11.5 Å². The Morgan fingerprint density at radius 2 is 1.88 bits per heavy atom. The molecule has 1 rings (SSSR count). The maximum Gasteiger partial charge on any atom is 0.331 e. The Morgan fingerprint density at radius 1 is 1.38 bits per heavy atom. The highest BCUT2D eigenvalue weighted by atomic mass is 19.1. The highest BCUT2D eigenvalue weighted by Gasteiger charge is 2.34. The molecular weight excluding hydrogens is 209 g/mol. The van der Waals surface area contributed by atoms with Crippen molar-refractivity contribution in [2.24, 2.45) is 11.7 Å². The summed E-state index contributed by atoms with van der Waals surface area (Å²) in [5, 5.41) is 0. The molecule has 0 spiro atoms. The van der Waals surface area contributed by atoms with Crippen LogP contribution in [0.2, 0.25) is 0 Å². The Bertz CT molecular complexity index is 371. The minimum atomic E-state index is -1.05. The normalized spacial score (nSPS) is 14.6. The van der Waals surface area contributed by atoms with Crippen molar-refractivity contribution in [2.45, 2.75) is 26.3 Å². The number of rotatable bonds is 3. The van der Waals surface area contributed by atoms with Crippen LogP contribution in [-0.4, -0.2) is 11.5 Å². The first-order valence-electron chi connectivity index (χ1n) is 5.10. The third-order valence-electron chi connectivity index (χ3n) is 2.66. The minimum Gasteiger partial charge on any atom is -0.425 e. The van der Waals surface area contributed by atoms with Gasteiger partial charge in [-0.25, -0.2) is 9.18 Å².